The van der Waals surface area contributed by atoms with E-state index < -0.39 is 5.60 Å². The number of guanidine groups is 1. The molecule has 30 heavy (non-hydrogen) atoms. The van der Waals surface area contributed by atoms with Crippen LogP contribution in [0.25, 0.3) is 0 Å². The maximum absolute atomic E-state index is 12.8. The quantitative estimate of drug-likeness (QED) is 0.321. The Morgan fingerprint density at radius 3 is 2.53 bits per heavy atom. The molecule has 1 amide bonds. The molecule has 6 nitrogen and oxygen atoms in total. The third-order valence-corrected chi connectivity index (χ3v) is 6.37. The predicted molar refractivity (Wildman–Crippen MR) is 135 cm³/mol. The minimum atomic E-state index is -0.450. The lowest BCUT2D eigenvalue weighted by Crippen LogP contribution is -2.52. The van der Waals surface area contributed by atoms with E-state index in [-0.39, 0.29) is 36.1 Å². The number of halogens is 1. The maximum atomic E-state index is 12.8. The number of piperidine rings is 1. The van der Waals surface area contributed by atoms with Crippen LogP contribution in [-0.4, -0.2) is 66.7 Å². The molecule has 1 N–H and O–H groups in total. The third-order valence-electron chi connectivity index (χ3n) is 5.43. The molecule has 0 bridgehead atoms. The summed E-state index contributed by atoms with van der Waals surface area (Å²) in [7, 11) is 1.85. The maximum Gasteiger partial charge on any atom is 0.410 e. The molecule has 0 radical (unpaired) electrons. The summed E-state index contributed by atoms with van der Waals surface area (Å²) in [6.45, 7) is 9.37. The molecular formula is C22H37IN4O2S. The summed E-state index contributed by atoms with van der Waals surface area (Å²) >= 11 is 1.79. The zero-order chi connectivity index (χ0) is 20.9. The highest BCUT2D eigenvalue weighted by Gasteiger charge is 2.35. The topological polar surface area (TPSA) is 57.2 Å². The van der Waals surface area contributed by atoms with Crippen LogP contribution in [0, 0.1) is 5.92 Å². The van der Waals surface area contributed by atoms with E-state index in [9.17, 15) is 4.79 Å². The molecule has 1 aliphatic carbocycles. The van der Waals surface area contributed by atoms with Gasteiger partial charge in [-0.25, -0.2) is 4.79 Å². The fraction of sp³-hybridized carbons (Fsp3) is 0.727. The van der Waals surface area contributed by atoms with Crippen LogP contribution in [0.5, 0.6) is 0 Å². The standard InChI is InChI=1S/C22H36N4O2S.HI/c1-22(2,3)28-21(27)26(16-17-7-8-17)18-10-13-25(14-11-18)20(23-4)24-12-9-19-6-5-15-29-19;/h5-6,15,17-18H,7-14,16H2,1-4H3,(H,23,24);1H. The Bertz CT molecular complexity index is 678. The van der Waals surface area contributed by atoms with Crippen LogP contribution < -0.4 is 5.32 Å². The van der Waals surface area contributed by atoms with Crippen molar-refractivity contribution in [1.29, 1.82) is 0 Å². The van der Waals surface area contributed by atoms with E-state index in [0.717, 1.165) is 51.4 Å². The minimum absolute atomic E-state index is 0. The van der Waals surface area contributed by atoms with Gasteiger partial charge in [0.1, 0.15) is 5.60 Å². The van der Waals surface area contributed by atoms with Gasteiger partial charge in [-0.15, -0.1) is 35.3 Å². The second-order valence-corrected chi connectivity index (χ2v) is 10.1. The van der Waals surface area contributed by atoms with Crippen LogP contribution in [0.4, 0.5) is 4.79 Å². The summed E-state index contributed by atoms with van der Waals surface area (Å²) < 4.78 is 5.70. The third kappa shape index (κ3) is 7.90. The molecule has 0 aromatic carbocycles. The van der Waals surface area contributed by atoms with E-state index >= 15 is 0 Å². The number of hydrogen-bond donors (Lipinski definition) is 1. The monoisotopic (exact) mass is 548 g/mol. The number of nitrogens with one attached hydrogen (secondary N) is 1. The van der Waals surface area contributed by atoms with Gasteiger partial charge in [0.25, 0.3) is 0 Å². The number of aliphatic imine (C=N–C) groups is 1. The molecular weight excluding hydrogens is 511 g/mol. The first-order valence-electron chi connectivity index (χ1n) is 10.8. The normalized spacial score (nSPS) is 18.0. The zero-order valence-electron chi connectivity index (χ0n) is 18.7. The number of rotatable bonds is 6. The molecule has 0 spiro atoms. The summed E-state index contributed by atoms with van der Waals surface area (Å²) in [4.78, 5) is 23.0. The van der Waals surface area contributed by atoms with Gasteiger partial charge in [0.2, 0.25) is 0 Å². The average molecular weight is 549 g/mol. The number of amides is 1. The van der Waals surface area contributed by atoms with Gasteiger partial charge < -0.3 is 19.9 Å². The van der Waals surface area contributed by atoms with E-state index in [1.165, 1.54) is 17.7 Å². The van der Waals surface area contributed by atoms with Gasteiger partial charge in [0.15, 0.2) is 5.96 Å². The van der Waals surface area contributed by atoms with Gasteiger partial charge >= 0.3 is 6.09 Å². The fourth-order valence-corrected chi connectivity index (χ4v) is 4.45. The molecule has 0 unspecified atom stereocenters. The van der Waals surface area contributed by atoms with E-state index in [0.29, 0.717) is 5.92 Å². The largest absolute Gasteiger partial charge is 0.444 e. The van der Waals surface area contributed by atoms with Crippen molar-refractivity contribution >= 4 is 47.4 Å². The van der Waals surface area contributed by atoms with Crippen molar-refractivity contribution in [2.75, 3.05) is 33.2 Å². The first kappa shape index (κ1) is 25.2. The smallest absolute Gasteiger partial charge is 0.410 e. The first-order chi connectivity index (χ1) is 13.9. The van der Waals surface area contributed by atoms with E-state index in [4.69, 9.17) is 4.74 Å². The summed E-state index contributed by atoms with van der Waals surface area (Å²) in [5, 5.41) is 5.61. The Morgan fingerprint density at radius 2 is 2.00 bits per heavy atom. The van der Waals surface area contributed by atoms with Crippen molar-refractivity contribution in [3.63, 3.8) is 0 Å². The Kier molecular flexibility index (Phi) is 9.71. The Morgan fingerprint density at radius 1 is 1.30 bits per heavy atom. The van der Waals surface area contributed by atoms with Gasteiger partial charge in [0.05, 0.1) is 0 Å². The number of ether oxygens (including phenoxy) is 1. The van der Waals surface area contributed by atoms with Crippen molar-refractivity contribution in [1.82, 2.24) is 15.1 Å². The molecule has 2 aliphatic rings. The van der Waals surface area contributed by atoms with Crippen LogP contribution in [0.15, 0.2) is 22.5 Å². The number of carbonyl (C=O) groups is 1. The van der Waals surface area contributed by atoms with Crippen LogP contribution in [0.1, 0.15) is 51.3 Å². The number of nitrogens with zero attached hydrogens (tertiary/aromatic N) is 3. The molecule has 0 atom stereocenters. The molecule has 2 heterocycles. The lowest BCUT2D eigenvalue weighted by molar-refractivity contribution is 0.00929. The summed E-state index contributed by atoms with van der Waals surface area (Å²) in [6, 6.07) is 4.52. The Balaban J connectivity index is 0.00000320. The van der Waals surface area contributed by atoms with Crippen LogP contribution in [0.2, 0.25) is 0 Å². The van der Waals surface area contributed by atoms with Crippen LogP contribution in [0.3, 0.4) is 0 Å². The van der Waals surface area contributed by atoms with Gasteiger partial charge in [0, 0.05) is 44.1 Å². The molecule has 170 valence electrons. The van der Waals surface area contributed by atoms with E-state index in [1.54, 1.807) is 11.3 Å². The molecule has 1 aromatic rings. The van der Waals surface area contributed by atoms with E-state index in [2.05, 4.69) is 32.7 Å². The average Bonchev–Trinajstić information content (AvgIpc) is 3.35. The van der Waals surface area contributed by atoms with Gasteiger partial charge in [-0.1, -0.05) is 6.07 Å². The minimum Gasteiger partial charge on any atom is -0.444 e. The molecule has 1 aromatic heterocycles. The van der Waals surface area contributed by atoms with Crippen LogP contribution >= 0.6 is 35.3 Å². The highest BCUT2D eigenvalue weighted by atomic mass is 127. The SMILES string of the molecule is CN=C(NCCc1cccs1)N1CCC(N(CC2CC2)C(=O)OC(C)(C)C)CC1.I. The summed E-state index contributed by atoms with van der Waals surface area (Å²) in [6.07, 6.45) is 5.25. The van der Waals surface area contributed by atoms with Crippen molar-refractivity contribution in [2.45, 2.75) is 64.5 Å². The first-order valence-corrected chi connectivity index (χ1v) is 11.7. The molecule has 1 saturated carbocycles. The Hall–Kier alpha value is -1.03. The van der Waals surface area contributed by atoms with Gasteiger partial charge in [-0.05, 0) is 70.2 Å². The number of hydrogen-bond acceptors (Lipinski definition) is 4. The van der Waals surface area contributed by atoms with Crippen molar-refractivity contribution in [3.05, 3.63) is 22.4 Å². The number of carbonyl (C=O) groups excluding carboxylic acids is 1. The fourth-order valence-electron chi connectivity index (χ4n) is 3.75. The lowest BCUT2D eigenvalue weighted by atomic mass is 10.0. The molecule has 3 rings (SSSR count). The van der Waals surface area contributed by atoms with Gasteiger partial charge in [-0.3, -0.25) is 4.99 Å². The number of likely N-dealkylation sites (tertiary alicyclic amines) is 1. The number of thiophene rings is 1. The van der Waals surface area contributed by atoms with Crippen molar-refractivity contribution in [3.8, 4) is 0 Å². The summed E-state index contributed by atoms with van der Waals surface area (Å²) in [5.74, 6) is 1.62. The highest BCUT2D eigenvalue weighted by Crippen LogP contribution is 2.32. The van der Waals surface area contributed by atoms with Crippen molar-refractivity contribution in [2.24, 2.45) is 10.9 Å². The molecule has 8 heteroatoms. The van der Waals surface area contributed by atoms with Crippen molar-refractivity contribution < 1.29 is 9.53 Å². The molecule has 2 fully saturated rings. The second kappa shape index (κ2) is 11.5. The van der Waals surface area contributed by atoms with Gasteiger partial charge in [-0.2, -0.15) is 0 Å². The lowest BCUT2D eigenvalue weighted by Gasteiger charge is -2.40. The molecule has 1 aliphatic heterocycles. The molecule has 1 saturated heterocycles. The second-order valence-electron chi connectivity index (χ2n) is 9.10. The van der Waals surface area contributed by atoms with Crippen LogP contribution in [-0.2, 0) is 11.2 Å². The van der Waals surface area contributed by atoms with E-state index in [1.807, 2.05) is 32.7 Å². The Labute approximate surface area is 202 Å². The summed E-state index contributed by atoms with van der Waals surface area (Å²) in [5.41, 5.74) is -0.450. The zero-order valence-corrected chi connectivity index (χ0v) is 21.9. The predicted octanol–water partition coefficient (Wildman–Crippen LogP) is 4.60. The highest BCUT2D eigenvalue weighted by molar-refractivity contribution is 14.0.